The van der Waals surface area contributed by atoms with Gasteiger partial charge >= 0.3 is 5.97 Å². The molecule has 4 nitrogen and oxygen atoms in total. The highest BCUT2D eigenvalue weighted by Gasteiger charge is 2.28. The fraction of sp³-hybridized carbons (Fsp3) is 0.324. The van der Waals surface area contributed by atoms with E-state index in [0.717, 1.165) is 35.5 Å². The Balaban J connectivity index is 1.32. The molecule has 200 valence electrons. The number of ether oxygens (including phenoxy) is 3. The van der Waals surface area contributed by atoms with E-state index in [1.54, 1.807) is 18.3 Å². The van der Waals surface area contributed by atoms with Crippen LogP contribution in [0.5, 0.6) is 11.5 Å². The molecule has 0 bridgehead atoms. The molecular weight excluding hydrogens is 504 g/mol. The maximum absolute atomic E-state index is 12.0. The van der Waals surface area contributed by atoms with Crippen LogP contribution in [0.4, 0.5) is 0 Å². The number of fused-ring (bicyclic) bond motifs is 2. The highest BCUT2D eigenvalue weighted by atomic mass is 32.1. The molecule has 0 saturated carbocycles. The van der Waals surface area contributed by atoms with Crippen molar-refractivity contribution in [3.8, 4) is 34.5 Å². The smallest absolute Gasteiger partial charge is 0.307 e. The largest absolute Gasteiger partial charge is 0.489 e. The molecule has 0 radical (unpaired) electrons. The van der Waals surface area contributed by atoms with E-state index in [1.165, 1.54) is 26.8 Å². The predicted molar refractivity (Wildman–Crippen MR) is 159 cm³/mol. The van der Waals surface area contributed by atoms with Crippen molar-refractivity contribution in [2.75, 3.05) is 6.61 Å². The van der Waals surface area contributed by atoms with Gasteiger partial charge in [0.1, 0.15) is 23.7 Å². The topological polar surface area (TPSA) is 44.8 Å². The Hall–Kier alpha value is -3.75. The first-order valence-electron chi connectivity index (χ1n) is 13.5. The summed E-state index contributed by atoms with van der Waals surface area (Å²) in [7, 11) is 0. The molecule has 1 aliphatic rings. The molecule has 1 aliphatic heterocycles. The molecule has 0 N–H and O–H groups in total. The van der Waals surface area contributed by atoms with Crippen molar-refractivity contribution in [2.45, 2.75) is 65.1 Å². The fourth-order valence-corrected chi connectivity index (χ4v) is 6.04. The van der Waals surface area contributed by atoms with Gasteiger partial charge in [0.2, 0.25) is 0 Å². The molecule has 0 fully saturated rings. The molecule has 5 rings (SSSR count). The molecule has 39 heavy (non-hydrogen) atoms. The summed E-state index contributed by atoms with van der Waals surface area (Å²) < 4.78 is 18.8. The van der Waals surface area contributed by atoms with E-state index in [4.69, 9.17) is 14.2 Å². The van der Waals surface area contributed by atoms with Gasteiger partial charge in [0.05, 0.1) is 18.9 Å². The van der Waals surface area contributed by atoms with Crippen molar-refractivity contribution in [2.24, 2.45) is 0 Å². The maximum Gasteiger partial charge on any atom is 0.307 e. The summed E-state index contributed by atoms with van der Waals surface area (Å²) in [6.45, 7) is 8.75. The molecule has 1 aromatic heterocycles. The van der Waals surface area contributed by atoms with E-state index in [9.17, 15) is 4.79 Å². The molecule has 0 aliphatic carbocycles. The molecule has 0 unspecified atom stereocenters. The first-order chi connectivity index (χ1) is 18.9. The minimum atomic E-state index is -0.235. The summed E-state index contributed by atoms with van der Waals surface area (Å²) in [6, 6.07) is 20.8. The number of thiophene rings is 1. The van der Waals surface area contributed by atoms with Crippen molar-refractivity contribution < 1.29 is 19.0 Å². The third kappa shape index (κ3) is 6.13. The Morgan fingerprint density at radius 1 is 1.10 bits per heavy atom. The Labute approximate surface area is 234 Å². The second kappa shape index (κ2) is 11.6. The fourth-order valence-electron chi connectivity index (χ4n) is 5.10. The van der Waals surface area contributed by atoms with Crippen molar-refractivity contribution in [1.29, 1.82) is 0 Å². The van der Waals surface area contributed by atoms with E-state index in [-0.39, 0.29) is 23.9 Å². The first kappa shape index (κ1) is 26.8. The lowest BCUT2D eigenvalue weighted by molar-refractivity contribution is -0.143. The quantitative estimate of drug-likeness (QED) is 0.167. The lowest BCUT2D eigenvalue weighted by Gasteiger charge is -2.33. The summed E-state index contributed by atoms with van der Waals surface area (Å²) in [5.41, 5.74) is 5.78. The third-order valence-corrected chi connectivity index (χ3v) is 8.07. The molecule has 2 heterocycles. The zero-order valence-electron chi connectivity index (χ0n) is 23.0. The molecule has 4 aromatic rings. The molecule has 1 atom stereocenters. The van der Waals surface area contributed by atoms with Crippen LogP contribution in [0.15, 0.2) is 66.0 Å². The average Bonchev–Trinajstić information content (AvgIpc) is 3.34. The van der Waals surface area contributed by atoms with Crippen LogP contribution in [-0.4, -0.2) is 18.2 Å². The van der Waals surface area contributed by atoms with Crippen molar-refractivity contribution in [1.82, 2.24) is 0 Å². The SMILES string of the molecule is CC#C[C@@H](CC(=O)OCC)c1ccc(OCc2ccc3scc(-c4cccc5c4CCC(C)(C)O5)c3c2)cc1. The Bertz CT molecular complexity index is 1540. The van der Waals surface area contributed by atoms with Crippen LogP contribution >= 0.6 is 11.3 Å². The average molecular weight is 539 g/mol. The van der Waals surface area contributed by atoms with E-state index in [1.807, 2.05) is 31.2 Å². The van der Waals surface area contributed by atoms with Gasteiger partial charge in [0.15, 0.2) is 0 Å². The molecule has 0 spiro atoms. The number of hydrogen-bond donors (Lipinski definition) is 0. The van der Waals surface area contributed by atoms with Crippen molar-refractivity contribution in [3.05, 3.63) is 82.7 Å². The molecular formula is C34H34O4S. The zero-order chi connectivity index (χ0) is 27.4. The summed E-state index contributed by atoms with van der Waals surface area (Å²) >= 11 is 1.77. The van der Waals surface area contributed by atoms with Gasteiger partial charge in [-0.3, -0.25) is 4.79 Å². The van der Waals surface area contributed by atoms with Gasteiger partial charge in [-0.05, 0) is 92.9 Å². The first-order valence-corrected chi connectivity index (χ1v) is 14.4. The lowest BCUT2D eigenvalue weighted by atomic mass is 9.89. The number of carbonyl (C=O) groups excluding carboxylic acids is 1. The molecule has 5 heteroatoms. The molecule has 3 aromatic carbocycles. The van der Waals surface area contributed by atoms with Crippen LogP contribution in [0.3, 0.4) is 0 Å². The monoisotopic (exact) mass is 538 g/mol. The summed E-state index contributed by atoms with van der Waals surface area (Å²) in [4.78, 5) is 12.0. The minimum absolute atomic E-state index is 0.129. The highest BCUT2D eigenvalue weighted by Crippen LogP contribution is 2.42. The van der Waals surface area contributed by atoms with Gasteiger partial charge in [0.25, 0.3) is 0 Å². The standard InChI is InChI=1S/C34H34O4S/c1-5-8-25(20-33(35)36-6-2)24-12-14-26(15-13-24)37-21-23-11-16-32-29(19-23)30(22-39-32)27-9-7-10-31-28(27)17-18-34(3,4)38-31/h7,9-16,19,22,25H,6,17-18,20-21H2,1-4H3/t25-/m0/s1. The zero-order valence-corrected chi connectivity index (χ0v) is 23.8. The van der Waals surface area contributed by atoms with Crippen LogP contribution in [0.2, 0.25) is 0 Å². The highest BCUT2D eigenvalue weighted by molar-refractivity contribution is 7.17. The van der Waals surface area contributed by atoms with Gasteiger partial charge in [-0.15, -0.1) is 17.3 Å². The summed E-state index contributed by atoms with van der Waals surface area (Å²) in [5, 5.41) is 3.50. The number of esters is 1. The Morgan fingerprint density at radius 3 is 2.69 bits per heavy atom. The lowest BCUT2D eigenvalue weighted by Crippen LogP contribution is -2.32. The van der Waals surface area contributed by atoms with Crippen LogP contribution < -0.4 is 9.47 Å². The third-order valence-electron chi connectivity index (χ3n) is 7.11. The van der Waals surface area contributed by atoms with Gasteiger partial charge in [-0.2, -0.15) is 0 Å². The van der Waals surface area contributed by atoms with E-state index in [0.29, 0.717) is 13.2 Å². The van der Waals surface area contributed by atoms with Crippen LogP contribution in [0, 0.1) is 11.8 Å². The van der Waals surface area contributed by atoms with Crippen molar-refractivity contribution >= 4 is 27.4 Å². The summed E-state index contributed by atoms with van der Waals surface area (Å²) in [6.07, 6.45) is 2.26. The van der Waals surface area contributed by atoms with Crippen LogP contribution in [-0.2, 0) is 22.6 Å². The number of rotatable bonds is 8. The van der Waals surface area contributed by atoms with Gasteiger partial charge in [-0.1, -0.05) is 36.3 Å². The molecule has 0 saturated heterocycles. The number of carbonyl (C=O) groups is 1. The number of hydrogen-bond acceptors (Lipinski definition) is 5. The second-order valence-electron chi connectivity index (χ2n) is 10.4. The van der Waals surface area contributed by atoms with Crippen LogP contribution in [0.1, 0.15) is 63.1 Å². The van der Waals surface area contributed by atoms with Crippen LogP contribution in [0.25, 0.3) is 21.2 Å². The summed E-state index contributed by atoms with van der Waals surface area (Å²) in [5.74, 6) is 7.40. The Kier molecular flexibility index (Phi) is 7.95. The predicted octanol–water partition coefficient (Wildman–Crippen LogP) is 8.31. The van der Waals surface area contributed by atoms with Gasteiger partial charge < -0.3 is 14.2 Å². The second-order valence-corrected chi connectivity index (χ2v) is 11.3. The maximum atomic E-state index is 12.0. The van der Waals surface area contributed by atoms with E-state index < -0.39 is 0 Å². The molecule has 0 amide bonds. The van der Waals surface area contributed by atoms with Crippen molar-refractivity contribution in [3.63, 3.8) is 0 Å². The minimum Gasteiger partial charge on any atom is -0.489 e. The van der Waals surface area contributed by atoms with Gasteiger partial charge in [-0.25, -0.2) is 0 Å². The Morgan fingerprint density at radius 2 is 1.92 bits per heavy atom. The van der Waals surface area contributed by atoms with E-state index in [2.05, 4.69) is 67.5 Å². The normalized spacial score (nSPS) is 14.5. The van der Waals surface area contributed by atoms with E-state index >= 15 is 0 Å². The number of benzene rings is 3. The van der Waals surface area contributed by atoms with Gasteiger partial charge in [0, 0.05) is 21.2 Å².